The molecule has 0 saturated carbocycles. The van der Waals surface area contributed by atoms with Crippen molar-refractivity contribution < 1.29 is 8.98 Å². The van der Waals surface area contributed by atoms with Crippen molar-refractivity contribution in [1.82, 2.24) is 5.32 Å². The van der Waals surface area contributed by atoms with Gasteiger partial charge in [0.15, 0.2) is 0 Å². The van der Waals surface area contributed by atoms with Gasteiger partial charge in [-0.05, 0) is 20.8 Å². The summed E-state index contributed by atoms with van der Waals surface area (Å²) in [5.41, 5.74) is -0.215. The van der Waals surface area contributed by atoms with Gasteiger partial charge in [-0.15, -0.1) is 0 Å². The second kappa shape index (κ2) is 3.71. The van der Waals surface area contributed by atoms with Crippen LogP contribution in [0.25, 0.3) is 0 Å². The van der Waals surface area contributed by atoms with Gasteiger partial charge in [-0.3, -0.25) is 0 Å². The molecular weight excluding hydrogens is 150 g/mol. The number of nitrogens with one attached hydrogen (secondary N) is 1. The molecule has 60 valence electrons. The molecule has 0 aromatic heterocycles. The van der Waals surface area contributed by atoms with E-state index in [4.69, 9.17) is 0 Å². The first kappa shape index (κ1) is 9.62. The van der Waals surface area contributed by atoms with E-state index in [9.17, 15) is 4.79 Å². The third-order valence-electron chi connectivity index (χ3n) is 0.636. The summed E-state index contributed by atoms with van der Waals surface area (Å²) in [6.07, 6.45) is 1.31. The van der Waals surface area contributed by atoms with Crippen LogP contribution in [-0.2, 0) is 4.18 Å². The Balaban J connectivity index is 3.58. The van der Waals surface area contributed by atoms with E-state index in [-0.39, 0.29) is 11.6 Å². The van der Waals surface area contributed by atoms with Crippen molar-refractivity contribution in [3.8, 4) is 0 Å². The second-order valence-electron chi connectivity index (χ2n) is 2.91. The molecular formula is C6H13NO2S. The lowest BCUT2D eigenvalue weighted by molar-refractivity contribution is 0.199. The Kier molecular flexibility index (Phi) is 3.57. The summed E-state index contributed by atoms with van der Waals surface area (Å²) in [5.74, 6) is 0. The Bertz CT molecular complexity index is 119. The molecule has 4 heteroatoms. The summed E-state index contributed by atoms with van der Waals surface area (Å²) in [4.78, 5) is 10.7. The van der Waals surface area contributed by atoms with Crippen molar-refractivity contribution in [3.63, 3.8) is 0 Å². The molecule has 0 spiro atoms. The number of hydrogen-bond acceptors (Lipinski definition) is 3. The highest BCUT2D eigenvalue weighted by molar-refractivity contribution is 7.94. The summed E-state index contributed by atoms with van der Waals surface area (Å²) < 4.78 is 4.58. The molecule has 10 heavy (non-hydrogen) atoms. The van der Waals surface area contributed by atoms with E-state index in [1.54, 1.807) is 6.26 Å². The Morgan fingerprint density at radius 2 is 2.00 bits per heavy atom. The largest absolute Gasteiger partial charge is 0.419 e. The predicted octanol–water partition coefficient (Wildman–Crippen LogP) is 1.79. The third kappa shape index (κ3) is 5.75. The Hall–Kier alpha value is -0.380. The third-order valence-corrected chi connectivity index (χ3v) is 0.954. The number of amides is 1. The molecule has 0 aliphatic rings. The molecule has 3 nitrogen and oxygen atoms in total. The molecule has 0 rings (SSSR count). The van der Waals surface area contributed by atoms with Crippen LogP contribution in [0.15, 0.2) is 0 Å². The molecule has 1 amide bonds. The quantitative estimate of drug-likeness (QED) is 0.599. The minimum Gasteiger partial charge on any atom is -0.375 e. The molecule has 0 unspecified atom stereocenters. The minimum absolute atomic E-state index is 0.215. The highest BCUT2D eigenvalue weighted by atomic mass is 32.2. The topological polar surface area (TPSA) is 38.3 Å². The average molecular weight is 163 g/mol. The second-order valence-corrected chi connectivity index (χ2v) is 3.41. The van der Waals surface area contributed by atoms with Gasteiger partial charge >= 0.3 is 6.09 Å². The molecule has 0 aliphatic heterocycles. The van der Waals surface area contributed by atoms with Crippen molar-refractivity contribution in [3.05, 3.63) is 0 Å². The number of carbonyl (C=O) groups excluding carboxylic acids is 1. The monoisotopic (exact) mass is 163 g/mol. The molecule has 0 saturated heterocycles. The summed E-state index contributed by atoms with van der Waals surface area (Å²) in [5, 5.41) is 2.64. The summed E-state index contributed by atoms with van der Waals surface area (Å²) >= 11 is 1.04. The van der Waals surface area contributed by atoms with E-state index >= 15 is 0 Å². The van der Waals surface area contributed by atoms with Crippen molar-refractivity contribution in [2.24, 2.45) is 0 Å². The molecule has 0 bridgehead atoms. The molecule has 0 heterocycles. The van der Waals surface area contributed by atoms with Gasteiger partial charge in [0.25, 0.3) is 0 Å². The maximum Gasteiger partial charge on any atom is 0.419 e. The van der Waals surface area contributed by atoms with Gasteiger partial charge in [-0.2, -0.15) is 0 Å². The maximum absolute atomic E-state index is 10.7. The lowest BCUT2D eigenvalue weighted by atomic mass is 10.1. The van der Waals surface area contributed by atoms with Crippen molar-refractivity contribution >= 4 is 18.1 Å². The summed E-state index contributed by atoms with van der Waals surface area (Å²) in [6.45, 7) is 5.69. The Labute approximate surface area is 65.7 Å². The minimum atomic E-state index is -0.389. The van der Waals surface area contributed by atoms with Gasteiger partial charge in [-0.25, -0.2) is 4.79 Å². The van der Waals surface area contributed by atoms with Gasteiger partial charge in [0.1, 0.15) is 0 Å². The van der Waals surface area contributed by atoms with E-state index < -0.39 is 0 Å². The van der Waals surface area contributed by atoms with Crippen LogP contribution in [0, 0.1) is 0 Å². The van der Waals surface area contributed by atoms with E-state index in [0.717, 1.165) is 12.0 Å². The van der Waals surface area contributed by atoms with Crippen molar-refractivity contribution in [2.45, 2.75) is 26.3 Å². The first-order valence-corrected chi connectivity index (χ1v) is 4.13. The van der Waals surface area contributed by atoms with E-state index in [1.807, 2.05) is 20.8 Å². The smallest absolute Gasteiger partial charge is 0.375 e. The first-order chi connectivity index (χ1) is 4.45. The van der Waals surface area contributed by atoms with E-state index in [2.05, 4.69) is 9.50 Å². The van der Waals surface area contributed by atoms with E-state index in [1.165, 1.54) is 0 Å². The van der Waals surface area contributed by atoms with Crippen LogP contribution in [0.5, 0.6) is 0 Å². The molecule has 0 aliphatic carbocycles. The highest BCUT2D eigenvalue weighted by Crippen LogP contribution is 2.02. The maximum atomic E-state index is 10.7. The van der Waals surface area contributed by atoms with Crippen LogP contribution >= 0.6 is 12.0 Å². The van der Waals surface area contributed by atoms with Crippen molar-refractivity contribution in [2.75, 3.05) is 6.26 Å². The average Bonchev–Trinajstić information content (AvgIpc) is 1.59. The van der Waals surface area contributed by atoms with Crippen LogP contribution in [0.1, 0.15) is 20.8 Å². The zero-order valence-electron chi connectivity index (χ0n) is 6.72. The molecule has 0 fully saturated rings. The number of rotatable bonds is 1. The van der Waals surface area contributed by atoms with Crippen LogP contribution in [0.3, 0.4) is 0 Å². The van der Waals surface area contributed by atoms with Gasteiger partial charge in [0.05, 0.1) is 12.0 Å². The molecule has 1 N–H and O–H groups in total. The van der Waals surface area contributed by atoms with E-state index in [0.29, 0.717) is 0 Å². The SMILES string of the molecule is CSOC(=O)NC(C)(C)C. The van der Waals surface area contributed by atoms with Gasteiger partial charge in [0, 0.05) is 11.8 Å². The van der Waals surface area contributed by atoms with Crippen LogP contribution in [-0.4, -0.2) is 17.9 Å². The fraction of sp³-hybridized carbons (Fsp3) is 0.833. The van der Waals surface area contributed by atoms with Gasteiger partial charge in [0.2, 0.25) is 0 Å². The molecule has 0 radical (unpaired) electrons. The molecule has 0 aromatic rings. The standard InChI is InChI=1S/C6H13NO2S/c1-6(2,3)7-5(8)9-10-4/h1-4H3,(H,7,8). The predicted molar refractivity (Wildman–Crippen MR) is 42.9 cm³/mol. The molecule has 0 aromatic carbocycles. The lowest BCUT2D eigenvalue weighted by Crippen LogP contribution is -2.40. The Morgan fingerprint density at radius 3 is 2.30 bits per heavy atom. The van der Waals surface area contributed by atoms with Gasteiger partial charge < -0.3 is 9.50 Å². The normalized spacial score (nSPS) is 10.8. The fourth-order valence-electron chi connectivity index (χ4n) is 0.403. The Morgan fingerprint density at radius 1 is 1.50 bits per heavy atom. The lowest BCUT2D eigenvalue weighted by Gasteiger charge is -2.18. The summed E-state index contributed by atoms with van der Waals surface area (Å²) in [7, 11) is 0. The van der Waals surface area contributed by atoms with Crippen LogP contribution in [0.2, 0.25) is 0 Å². The number of carbonyl (C=O) groups is 1. The fourth-order valence-corrected chi connectivity index (χ4v) is 0.596. The van der Waals surface area contributed by atoms with Crippen molar-refractivity contribution in [1.29, 1.82) is 0 Å². The van der Waals surface area contributed by atoms with Crippen LogP contribution in [0.4, 0.5) is 4.79 Å². The van der Waals surface area contributed by atoms with Crippen LogP contribution < -0.4 is 5.32 Å². The summed E-state index contributed by atoms with van der Waals surface area (Å²) in [6, 6.07) is 0. The zero-order valence-corrected chi connectivity index (χ0v) is 7.54. The van der Waals surface area contributed by atoms with Gasteiger partial charge in [-0.1, -0.05) is 0 Å². The number of hydrogen-bond donors (Lipinski definition) is 1. The highest BCUT2D eigenvalue weighted by Gasteiger charge is 2.13. The zero-order chi connectivity index (χ0) is 8.20. The first-order valence-electron chi connectivity index (χ1n) is 2.98. The molecule has 0 atom stereocenters.